The highest BCUT2D eigenvalue weighted by molar-refractivity contribution is 5.79. The van der Waals surface area contributed by atoms with Crippen LogP contribution in [0.2, 0.25) is 0 Å². The Kier molecular flexibility index (Phi) is 3.66. The molecule has 1 saturated heterocycles. The monoisotopic (exact) mass is 250 g/mol. The highest BCUT2D eigenvalue weighted by Gasteiger charge is 2.24. The molecule has 2 rings (SSSR count). The van der Waals surface area contributed by atoms with Crippen LogP contribution < -0.4 is 15.5 Å². The number of nitro groups is 1. The molecule has 0 aromatic heterocycles. The first kappa shape index (κ1) is 12.6. The average Bonchev–Trinajstić information content (AvgIpc) is 2.38. The molecule has 1 aliphatic heterocycles. The number of piperazine rings is 1. The second-order valence-electron chi connectivity index (χ2n) is 4.42. The van der Waals surface area contributed by atoms with Crippen molar-refractivity contribution < 1.29 is 4.92 Å². The van der Waals surface area contributed by atoms with Crippen LogP contribution in [0.1, 0.15) is 6.92 Å². The Morgan fingerprint density at radius 3 is 2.94 bits per heavy atom. The maximum Gasteiger partial charge on any atom is 0.294 e. The van der Waals surface area contributed by atoms with Crippen molar-refractivity contribution in [3.05, 3.63) is 28.3 Å². The summed E-state index contributed by atoms with van der Waals surface area (Å²) in [6, 6.07) is 5.53. The largest absolute Gasteiger partial charge is 0.381 e. The molecular formula is C12H18N4O2. The lowest BCUT2D eigenvalue weighted by Gasteiger charge is -2.36. The number of hydrogen-bond donors (Lipinski definition) is 2. The molecule has 1 atom stereocenters. The van der Waals surface area contributed by atoms with Crippen LogP contribution in [-0.2, 0) is 0 Å². The Morgan fingerprint density at radius 2 is 2.33 bits per heavy atom. The third-order valence-electron chi connectivity index (χ3n) is 3.28. The van der Waals surface area contributed by atoms with Crippen LogP contribution in [0.4, 0.5) is 17.1 Å². The number of nitro benzene ring substituents is 1. The predicted molar refractivity (Wildman–Crippen MR) is 72.3 cm³/mol. The quantitative estimate of drug-likeness (QED) is 0.627. The average molecular weight is 250 g/mol. The number of para-hydroxylation sites is 1. The van der Waals surface area contributed by atoms with Gasteiger partial charge in [-0.25, -0.2) is 0 Å². The molecule has 1 aliphatic rings. The van der Waals surface area contributed by atoms with Crippen LogP contribution in [0.25, 0.3) is 0 Å². The van der Waals surface area contributed by atoms with Gasteiger partial charge in [0.1, 0.15) is 5.69 Å². The van der Waals surface area contributed by atoms with Crippen molar-refractivity contribution in [2.75, 3.05) is 36.9 Å². The van der Waals surface area contributed by atoms with Gasteiger partial charge in [-0.3, -0.25) is 10.1 Å². The highest BCUT2D eigenvalue weighted by atomic mass is 16.6. The molecule has 0 amide bonds. The molecule has 6 nitrogen and oxygen atoms in total. The molecule has 0 radical (unpaired) electrons. The summed E-state index contributed by atoms with van der Waals surface area (Å²) < 4.78 is 0. The van der Waals surface area contributed by atoms with Crippen molar-refractivity contribution in [1.82, 2.24) is 5.32 Å². The van der Waals surface area contributed by atoms with Gasteiger partial charge in [0, 0.05) is 38.8 Å². The third kappa shape index (κ3) is 2.24. The molecule has 6 heteroatoms. The van der Waals surface area contributed by atoms with E-state index in [0.717, 1.165) is 25.3 Å². The van der Waals surface area contributed by atoms with Gasteiger partial charge in [-0.15, -0.1) is 0 Å². The SMILES string of the molecule is CNc1c(N2CCNCC2C)cccc1[N+](=O)[O-]. The van der Waals surface area contributed by atoms with Gasteiger partial charge in [0.05, 0.1) is 10.6 Å². The summed E-state index contributed by atoms with van der Waals surface area (Å²) in [5.41, 5.74) is 1.62. The summed E-state index contributed by atoms with van der Waals surface area (Å²) in [6.07, 6.45) is 0. The molecule has 1 aromatic carbocycles. The number of nitrogens with zero attached hydrogens (tertiary/aromatic N) is 2. The first-order valence-corrected chi connectivity index (χ1v) is 6.07. The highest BCUT2D eigenvalue weighted by Crippen LogP contribution is 2.35. The van der Waals surface area contributed by atoms with E-state index in [1.165, 1.54) is 6.07 Å². The normalized spacial score (nSPS) is 19.7. The number of nitrogens with one attached hydrogen (secondary N) is 2. The molecule has 0 bridgehead atoms. The number of hydrogen-bond acceptors (Lipinski definition) is 5. The number of rotatable bonds is 3. The Morgan fingerprint density at radius 1 is 1.56 bits per heavy atom. The molecule has 0 aliphatic carbocycles. The minimum atomic E-state index is -0.345. The van der Waals surface area contributed by atoms with Crippen LogP contribution in [-0.4, -0.2) is 37.6 Å². The van der Waals surface area contributed by atoms with Crippen molar-refractivity contribution in [3.8, 4) is 0 Å². The molecule has 1 fully saturated rings. The fourth-order valence-corrected chi connectivity index (χ4v) is 2.37. The Labute approximate surface area is 106 Å². The van der Waals surface area contributed by atoms with E-state index in [1.807, 2.05) is 6.07 Å². The maximum absolute atomic E-state index is 11.0. The number of benzene rings is 1. The van der Waals surface area contributed by atoms with Crippen molar-refractivity contribution >= 4 is 17.1 Å². The van der Waals surface area contributed by atoms with Crippen LogP contribution in [0.5, 0.6) is 0 Å². The maximum atomic E-state index is 11.0. The van der Waals surface area contributed by atoms with E-state index in [4.69, 9.17) is 0 Å². The molecule has 0 spiro atoms. The standard InChI is InChI=1S/C12H18N4O2/c1-9-8-14-6-7-15(9)10-4-3-5-11(16(17)18)12(10)13-2/h3-5,9,13-14H,6-8H2,1-2H3. The van der Waals surface area contributed by atoms with Gasteiger partial charge in [0.2, 0.25) is 0 Å². The summed E-state index contributed by atoms with van der Waals surface area (Å²) in [6.45, 7) is 4.77. The zero-order valence-corrected chi connectivity index (χ0v) is 10.6. The lowest BCUT2D eigenvalue weighted by atomic mass is 10.1. The molecule has 0 saturated carbocycles. The lowest BCUT2D eigenvalue weighted by molar-refractivity contribution is -0.383. The minimum absolute atomic E-state index is 0.126. The Balaban J connectivity index is 2.43. The summed E-state index contributed by atoms with van der Waals surface area (Å²) in [7, 11) is 1.72. The van der Waals surface area contributed by atoms with Gasteiger partial charge in [0.15, 0.2) is 0 Å². The fraction of sp³-hybridized carbons (Fsp3) is 0.500. The van der Waals surface area contributed by atoms with E-state index < -0.39 is 0 Å². The van der Waals surface area contributed by atoms with Gasteiger partial charge in [-0.2, -0.15) is 0 Å². The van der Waals surface area contributed by atoms with E-state index in [-0.39, 0.29) is 10.6 Å². The Hall–Kier alpha value is -1.82. The van der Waals surface area contributed by atoms with E-state index in [9.17, 15) is 10.1 Å². The van der Waals surface area contributed by atoms with Crippen molar-refractivity contribution in [1.29, 1.82) is 0 Å². The van der Waals surface area contributed by atoms with Crippen LogP contribution in [0.3, 0.4) is 0 Å². The fourth-order valence-electron chi connectivity index (χ4n) is 2.37. The molecule has 98 valence electrons. The van der Waals surface area contributed by atoms with Crippen LogP contribution >= 0.6 is 0 Å². The molecule has 1 unspecified atom stereocenters. The van der Waals surface area contributed by atoms with Crippen LogP contribution in [0.15, 0.2) is 18.2 Å². The van der Waals surface area contributed by atoms with Gasteiger partial charge in [-0.1, -0.05) is 6.07 Å². The predicted octanol–water partition coefficient (Wildman–Crippen LogP) is 1.43. The molecule has 2 N–H and O–H groups in total. The van der Waals surface area contributed by atoms with Gasteiger partial charge >= 0.3 is 0 Å². The first-order chi connectivity index (χ1) is 8.65. The van der Waals surface area contributed by atoms with E-state index >= 15 is 0 Å². The third-order valence-corrected chi connectivity index (χ3v) is 3.28. The smallest absolute Gasteiger partial charge is 0.294 e. The summed E-state index contributed by atoms with van der Waals surface area (Å²) in [5, 5.41) is 17.3. The topological polar surface area (TPSA) is 70.4 Å². The molecule has 18 heavy (non-hydrogen) atoms. The number of anilines is 2. The lowest BCUT2D eigenvalue weighted by Crippen LogP contribution is -2.50. The van der Waals surface area contributed by atoms with Crippen LogP contribution in [0, 0.1) is 10.1 Å². The second kappa shape index (κ2) is 5.22. The Bertz CT molecular complexity index is 450. The molecule has 1 heterocycles. The zero-order chi connectivity index (χ0) is 13.1. The van der Waals surface area contributed by atoms with E-state index in [1.54, 1.807) is 13.1 Å². The molecule has 1 aromatic rings. The first-order valence-electron chi connectivity index (χ1n) is 6.07. The van der Waals surface area contributed by atoms with E-state index in [0.29, 0.717) is 11.7 Å². The van der Waals surface area contributed by atoms with Gasteiger partial charge in [-0.05, 0) is 13.0 Å². The minimum Gasteiger partial charge on any atom is -0.381 e. The molecular weight excluding hydrogens is 232 g/mol. The summed E-state index contributed by atoms with van der Waals surface area (Å²) in [4.78, 5) is 12.9. The second-order valence-corrected chi connectivity index (χ2v) is 4.42. The zero-order valence-electron chi connectivity index (χ0n) is 10.6. The van der Waals surface area contributed by atoms with E-state index in [2.05, 4.69) is 22.5 Å². The van der Waals surface area contributed by atoms with Crippen molar-refractivity contribution in [2.24, 2.45) is 0 Å². The summed E-state index contributed by atoms with van der Waals surface area (Å²) in [5.74, 6) is 0. The van der Waals surface area contributed by atoms with Gasteiger partial charge < -0.3 is 15.5 Å². The van der Waals surface area contributed by atoms with Crippen molar-refractivity contribution in [2.45, 2.75) is 13.0 Å². The van der Waals surface area contributed by atoms with Crippen molar-refractivity contribution in [3.63, 3.8) is 0 Å². The summed E-state index contributed by atoms with van der Waals surface area (Å²) >= 11 is 0. The van der Waals surface area contributed by atoms with Gasteiger partial charge in [0.25, 0.3) is 5.69 Å².